The minimum Gasteiger partial charge on any atom is -0.334 e. The van der Waals surface area contributed by atoms with Crippen molar-refractivity contribution in [3.63, 3.8) is 0 Å². The van der Waals surface area contributed by atoms with Crippen LogP contribution in [-0.2, 0) is 13.1 Å². The van der Waals surface area contributed by atoms with Gasteiger partial charge in [0, 0.05) is 31.9 Å². The highest BCUT2D eigenvalue weighted by Crippen LogP contribution is 2.20. The van der Waals surface area contributed by atoms with Gasteiger partial charge in [0.2, 0.25) is 0 Å². The van der Waals surface area contributed by atoms with Gasteiger partial charge >= 0.3 is 0 Å². The number of hydrogen-bond donors (Lipinski definition) is 1. The molecule has 16 heavy (non-hydrogen) atoms. The predicted molar refractivity (Wildman–Crippen MR) is 64.9 cm³/mol. The van der Waals surface area contributed by atoms with Crippen LogP contribution in [-0.4, -0.2) is 33.6 Å². The Morgan fingerprint density at radius 2 is 2.44 bits per heavy atom. The zero-order valence-corrected chi connectivity index (χ0v) is 10.3. The normalized spacial score (nSPS) is 23.8. The number of likely N-dealkylation sites (tertiary alicyclic amines) is 1. The standard InChI is InChI=1S/C12H22N4/c1-3-16-9-14-6-12(16)8-15-5-4-11(7-15)10(2)13/h6,9-11H,3-5,7-8,13H2,1-2H3. The maximum absolute atomic E-state index is 5.95. The van der Waals surface area contributed by atoms with Gasteiger partial charge in [0.05, 0.1) is 12.0 Å². The number of hydrogen-bond acceptors (Lipinski definition) is 3. The zero-order valence-electron chi connectivity index (χ0n) is 10.3. The molecule has 0 radical (unpaired) electrons. The lowest BCUT2D eigenvalue weighted by Crippen LogP contribution is -2.29. The summed E-state index contributed by atoms with van der Waals surface area (Å²) in [5.41, 5.74) is 7.26. The molecule has 2 unspecified atom stereocenters. The molecular weight excluding hydrogens is 200 g/mol. The average Bonchev–Trinajstić information content (AvgIpc) is 2.87. The zero-order chi connectivity index (χ0) is 11.5. The lowest BCUT2D eigenvalue weighted by molar-refractivity contribution is 0.300. The summed E-state index contributed by atoms with van der Waals surface area (Å²) < 4.78 is 2.21. The van der Waals surface area contributed by atoms with Crippen LogP contribution < -0.4 is 5.73 Å². The van der Waals surface area contributed by atoms with E-state index in [2.05, 4.69) is 28.3 Å². The highest BCUT2D eigenvalue weighted by atomic mass is 15.2. The van der Waals surface area contributed by atoms with Gasteiger partial charge in [-0.25, -0.2) is 4.98 Å². The molecule has 0 spiro atoms. The monoisotopic (exact) mass is 222 g/mol. The Morgan fingerprint density at radius 3 is 3.06 bits per heavy atom. The molecule has 90 valence electrons. The first kappa shape index (κ1) is 11.6. The predicted octanol–water partition coefficient (Wildman–Crippen LogP) is 1.07. The number of nitrogens with two attached hydrogens (primary N) is 1. The molecule has 1 aliphatic heterocycles. The fraction of sp³-hybridized carbons (Fsp3) is 0.750. The second-order valence-corrected chi connectivity index (χ2v) is 4.81. The van der Waals surface area contributed by atoms with E-state index in [0.717, 1.165) is 19.6 Å². The van der Waals surface area contributed by atoms with E-state index >= 15 is 0 Å². The number of aromatic nitrogens is 2. The molecule has 1 fully saturated rings. The van der Waals surface area contributed by atoms with Gasteiger partial charge in [-0.3, -0.25) is 4.90 Å². The molecular formula is C12H22N4. The van der Waals surface area contributed by atoms with E-state index in [1.165, 1.54) is 18.7 Å². The smallest absolute Gasteiger partial charge is 0.0948 e. The van der Waals surface area contributed by atoms with Gasteiger partial charge in [0.15, 0.2) is 0 Å². The molecule has 0 aromatic carbocycles. The first-order valence-electron chi connectivity index (χ1n) is 6.17. The molecule has 4 heteroatoms. The maximum atomic E-state index is 5.95. The van der Waals surface area contributed by atoms with E-state index in [1.54, 1.807) is 0 Å². The Bertz CT molecular complexity index is 332. The quantitative estimate of drug-likeness (QED) is 0.829. The number of rotatable bonds is 4. The first-order valence-corrected chi connectivity index (χ1v) is 6.17. The van der Waals surface area contributed by atoms with E-state index < -0.39 is 0 Å². The molecule has 0 amide bonds. The Labute approximate surface area is 97.4 Å². The molecule has 4 nitrogen and oxygen atoms in total. The van der Waals surface area contributed by atoms with Gasteiger partial charge in [-0.15, -0.1) is 0 Å². The Kier molecular flexibility index (Phi) is 3.61. The van der Waals surface area contributed by atoms with Crippen LogP contribution in [0.25, 0.3) is 0 Å². The molecule has 2 rings (SSSR count). The summed E-state index contributed by atoms with van der Waals surface area (Å²) in [6, 6.07) is 0.320. The van der Waals surface area contributed by atoms with Crippen molar-refractivity contribution in [2.45, 2.75) is 39.4 Å². The van der Waals surface area contributed by atoms with Crippen molar-refractivity contribution >= 4 is 0 Å². The summed E-state index contributed by atoms with van der Waals surface area (Å²) in [4.78, 5) is 6.68. The van der Waals surface area contributed by atoms with Crippen LogP contribution in [0, 0.1) is 5.92 Å². The Morgan fingerprint density at radius 1 is 1.62 bits per heavy atom. The van der Waals surface area contributed by atoms with Crippen molar-refractivity contribution < 1.29 is 0 Å². The SMILES string of the molecule is CCn1cncc1CN1CCC(C(C)N)C1. The van der Waals surface area contributed by atoms with Crippen LogP contribution in [0.15, 0.2) is 12.5 Å². The third kappa shape index (κ3) is 2.44. The molecule has 2 N–H and O–H groups in total. The molecule has 1 aromatic heterocycles. The van der Waals surface area contributed by atoms with Crippen molar-refractivity contribution in [3.05, 3.63) is 18.2 Å². The minimum atomic E-state index is 0.320. The number of nitrogens with zero attached hydrogens (tertiary/aromatic N) is 3. The topological polar surface area (TPSA) is 47.1 Å². The van der Waals surface area contributed by atoms with Crippen LogP contribution in [0.3, 0.4) is 0 Å². The Balaban J connectivity index is 1.92. The molecule has 0 bridgehead atoms. The molecule has 0 aliphatic carbocycles. The summed E-state index contributed by atoms with van der Waals surface area (Å²) >= 11 is 0. The van der Waals surface area contributed by atoms with Crippen LogP contribution in [0.2, 0.25) is 0 Å². The average molecular weight is 222 g/mol. The fourth-order valence-corrected chi connectivity index (χ4v) is 2.43. The summed E-state index contributed by atoms with van der Waals surface area (Å²) in [5, 5.41) is 0. The summed E-state index contributed by atoms with van der Waals surface area (Å²) in [5.74, 6) is 0.665. The van der Waals surface area contributed by atoms with Gasteiger partial charge in [-0.2, -0.15) is 0 Å². The molecule has 1 saturated heterocycles. The van der Waals surface area contributed by atoms with E-state index in [0.29, 0.717) is 12.0 Å². The van der Waals surface area contributed by atoms with Gasteiger partial charge < -0.3 is 10.3 Å². The Hall–Kier alpha value is -0.870. The van der Waals surface area contributed by atoms with E-state index in [4.69, 9.17) is 5.73 Å². The van der Waals surface area contributed by atoms with E-state index in [1.807, 2.05) is 12.5 Å². The molecule has 2 heterocycles. The van der Waals surface area contributed by atoms with E-state index in [9.17, 15) is 0 Å². The van der Waals surface area contributed by atoms with Gasteiger partial charge in [0.25, 0.3) is 0 Å². The second-order valence-electron chi connectivity index (χ2n) is 4.81. The van der Waals surface area contributed by atoms with Crippen LogP contribution in [0.5, 0.6) is 0 Å². The maximum Gasteiger partial charge on any atom is 0.0948 e. The highest BCUT2D eigenvalue weighted by Gasteiger charge is 2.25. The molecule has 1 aliphatic rings. The lowest BCUT2D eigenvalue weighted by atomic mass is 10.0. The van der Waals surface area contributed by atoms with Gasteiger partial charge in [-0.1, -0.05) is 0 Å². The van der Waals surface area contributed by atoms with Crippen LogP contribution in [0.4, 0.5) is 0 Å². The molecule has 0 saturated carbocycles. The third-order valence-corrected chi connectivity index (χ3v) is 3.58. The first-order chi connectivity index (χ1) is 7.70. The summed E-state index contributed by atoms with van der Waals surface area (Å²) in [7, 11) is 0. The van der Waals surface area contributed by atoms with Crippen molar-refractivity contribution in [3.8, 4) is 0 Å². The largest absolute Gasteiger partial charge is 0.334 e. The lowest BCUT2D eigenvalue weighted by Gasteiger charge is -2.18. The van der Waals surface area contributed by atoms with Crippen molar-refractivity contribution in [1.82, 2.24) is 14.5 Å². The highest BCUT2D eigenvalue weighted by molar-refractivity contribution is 4.99. The summed E-state index contributed by atoms with van der Waals surface area (Å²) in [6.45, 7) is 8.58. The number of imidazole rings is 1. The van der Waals surface area contributed by atoms with Crippen LogP contribution in [0.1, 0.15) is 26.0 Å². The van der Waals surface area contributed by atoms with Crippen molar-refractivity contribution in [1.29, 1.82) is 0 Å². The summed E-state index contributed by atoms with van der Waals surface area (Å²) in [6.07, 6.45) is 5.12. The molecule has 1 aromatic rings. The van der Waals surface area contributed by atoms with Crippen LogP contribution >= 0.6 is 0 Å². The van der Waals surface area contributed by atoms with Crippen molar-refractivity contribution in [2.75, 3.05) is 13.1 Å². The van der Waals surface area contributed by atoms with E-state index in [-0.39, 0.29) is 0 Å². The van der Waals surface area contributed by atoms with Crippen molar-refractivity contribution in [2.24, 2.45) is 11.7 Å². The molecule has 2 atom stereocenters. The van der Waals surface area contributed by atoms with Gasteiger partial charge in [0.1, 0.15) is 0 Å². The second kappa shape index (κ2) is 4.97. The number of aryl methyl sites for hydroxylation is 1. The van der Waals surface area contributed by atoms with Gasteiger partial charge in [-0.05, 0) is 32.7 Å². The minimum absolute atomic E-state index is 0.320. The fourth-order valence-electron chi connectivity index (χ4n) is 2.43. The third-order valence-electron chi connectivity index (χ3n) is 3.58.